The number of thiocarbonyl (C=S) groups is 1. The zero-order valence-electron chi connectivity index (χ0n) is 17.6. The Balaban J connectivity index is 1.59. The first-order valence-corrected chi connectivity index (χ1v) is 12.2. The van der Waals surface area contributed by atoms with Gasteiger partial charge in [-0.25, -0.2) is 0 Å². The molecule has 3 aromatic rings. The summed E-state index contributed by atoms with van der Waals surface area (Å²) in [5, 5.41) is 11.8. The van der Waals surface area contributed by atoms with E-state index in [9.17, 15) is 28.1 Å². The Morgan fingerprint density at radius 1 is 1.11 bits per heavy atom. The lowest BCUT2D eigenvalue weighted by Crippen LogP contribution is -2.27. The molecule has 13 heteroatoms. The number of amides is 1. The fraction of sp³-hybridized carbons (Fsp3) is 0.0435. The minimum atomic E-state index is -4.74. The Hall–Kier alpha value is -2.93. The number of alkyl halides is 3. The molecule has 0 N–H and O–H groups in total. The van der Waals surface area contributed by atoms with Crippen molar-refractivity contribution in [2.24, 2.45) is 0 Å². The lowest BCUT2D eigenvalue weighted by molar-refractivity contribution is -0.385. The van der Waals surface area contributed by atoms with E-state index >= 15 is 0 Å². The van der Waals surface area contributed by atoms with E-state index in [0.717, 1.165) is 17.8 Å². The third-order valence-corrected chi connectivity index (χ3v) is 6.97. The maximum atomic E-state index is 13.0. The number of hydrogen-bond donors (Lipinski definition) is 0. The Morgan fingerprint density at radius 2 is 1.83 bits per heavy atom. The van der Waals surface area contributed by atoms with Crippen LogP contribution in [0.2, 0.25) is 5.02 Å². The summed E-state index contributed by atoms with van der Waals surface area (Å²) in [6, 6.07) is 13.4. The van der Waals surface area contributed by atoms with Crippen LogP contribution in [-0.4, -0.2) is 15.2 Å². The predicted molar refractivity (Wildman–Crippen MR) is 139 cm³/mol. The number of benzene rings is 3. The number of anilines is 1. The number of carbonyl (C=O) groups excluding carboxylic acids is 1. The van der Waals surface area contributed by atoms with E-state index in [1.807, 2.05) is 0 Å². The van der Waals surface area contributed by atoms with Crippen molar-refractivity contribution in [2.45, 2.75) is 6.18 Å². The van der Waals surface area contributed by atoms with Crippen LogP contribution < -0.4 is 9.64 Å². The average molecular weight is 616 g/mol. The molecular formula is C23H11BrClF3N2O4S2. The molecule has 0 aromatic heterocycles. The fourth-order valence-corrected chi connectivity index (χ4v) is 5.15. The fourth-order valence-electron chi connectivity index (χ4n) is 3.19. The largest absolute Gasteiger partial charge is 0.449 e. The second-order valence-corrected chi connectivity index (χ2v) is 10.2. The zero-order chi connectivity index (χ0) is 26.2. The number of ether oxygens (including phenoxy) is 1. The van der Waals surface area contributed by atoms with Crippen LogP contribution in [0.3, 0.4) is 0 Å². The lowest BCUT2D eigenvalue weighted by Gasteiger charge is -2.14. The number of rotatable bonds is 5. The standard InChI is InChI=1S/C23H11BrClF3N2O4S2/c24-16-8-12(9-20-21(31)29(22(35)36-20)15-3-1-2-14(25)11-15)4-6-18(16)34-19-7-5-13(23(26,27)28)10-17(19)30(32)33/h1-11H/b20-9-. The zero-order valence-corrected chi connectivity index (χ0v) is 21.6. The second kappa shape index (κ2) is 10.2. The molecular weight excluding hydrogens is 605 g/mol. The summed E-state index contributed by atoms with van der Waals surface area (Å²) in [7, 11) is 0. The topological polar surface area (TPSA) is 72.7 Å². The summed E-state index contributed by atoms with van der Waals surface area (Å²) in [6.07, 6.45) is -3.13. The quantitative estimate of drug-likeness (QED) is 0.125. The van der Waals surface area contributed by atoms with Crippen molar-refractivity contribution in [1.29, 1.82) is 0 Å². The van der Waals surface area contributed by atoms with Crippen LogP contribution in [-0.2, 0) is 11.0 Å². The molecule has 0 bridgehead atoms. The highest BCUT2D eigenvalue weighted by molar-refractivity contribution is 9.10. The van der Waals surface area contributed by atoms with Crippen LogP contribution in [0, 0.1) is 10.1 Å². The summed E-state index contributed by atoms with van der Waals surface area (Å²) in [5.74, 6) is -0.561. The van der Waals surface area contributed by atoms with Crippen LogP contribution in [0.1, 0.15) is 11.1 Å². The van der Waals surface area contributed by atoms with E-state index in [4.69, 9.17) is 28.6 Å². The van der Waals surface area contributed by atoms with Gasteiger partial charge in [-0.05, 0) is 70.0 Å². The van der Waals surface area contributed by atoms with Crippen molar-refractivity contribution in [3.8, 4) is 11.5 Å². The van der Waals surface area contributed by atoms with Crippen molar-refractivity contribution < 1.29 is 27.6 Å². The molecule has 1 heterocycles. The van der Waals surface area contributed by atoms with Crippen LogP contribution in [0.5, 0.6) is 11.5 Å². The number of hydrogen-bond acceptors (Lipinski definition) is 6. The number of halogens is 5. The van der Waals surface area contributed by atoms with Gasteiger partial charge in [0.15, 0.2) is 4.32 Å². The van der Waals surface area contributed by atoms with Gasteiger partial charge in [0.1, 0.15) is 5.75 Å². The molecule has 1 saturated heterocycles. The molecule has 1 aliphatic heterocycles. The Morgan fingerprint density at radius 3 is 2.47 bits per heavy atom. The molecule has 36 heavy (non-hydrogen) atoms. The summed E-state index contributed by atoms with van der Waals surface area (Å²) in [5.41, 5.74) is -0.865. The van der Waals surface area contributed by atoms with E-state index in [1.165, 1.54) is 11.0 Å². The Labute approximate surface area is 225 Å². The van der Waals surface area contributed by atoms with E-state index in [-0.39, 0.29) is 17.4 Å². The van der Waals surface area contributed by atoms with Crippen LogP contribution in [0.25, 0.3) is 6.08 Å². The summed E-state index contributed by atoms with van der Waals surface area (Å²) >= 11 is 15.8. The van der Waals surface area contributed by atoms with Gasteiger partial charge in [0, 0.05) is 11.1 Å². The number of thioether (sulfide) groups is 1. The lowest BCUT2D eigenvalue weighted by atomic mass is 10.1. The third kappa shape index (κ3) is 5.56. The molecule has 0 aliphatic carbocycles. The van der Waals surface area contributed by atoms with Crippen molar-refractivity contribution in [3.05, 3.63) is 96.3 Å². The van der Waals surface area contributed by atoms with Crippen molar-refractivity contribution >= 4 is 79.2 Å². The van der Waals surface area contributed by atoms with Gasteiger partial charge in [-0.15, -0.1) is 0 Å². The number of nitro benzene ring substituents is 1. The molecule has 1 fully saturated rings. The second-order valence-electron chi connectivity index (χ2n) is 7.23. The highest BCUT2D eigenvalue weighted by atomic mass is 79.9. The summed E-state index contributed by atoms with van der Waals surface area (Å²) < 4.78 is 45.0. The van der Waals surface area contributed by atoms with Gasteiger partial charge in [-0.1, -0.05) is 47.7 Å². The number of nitrogens with zero attached hydrogens (tertiary/aromatic N) is 2. The predicted octanol–water partition coefficient (Wildman–Crippen LogP) is 8.23. The van der Waals surface area contributed by atoms with Crippen molar-refractivity contribution in [2.75, 3.05) is 4.90 Å². The molecule has 4 rings (SSSR count). The molecule has 1 amide bonds. The molecule has 0 radical (unpaired) electrons. The number of carbonyl (C=O) groups is 1. The maximum absolute atomic E-state index is 13.0. The first-order chi connectivity index (χ1) is 16.9. The van der Waals surface area contributed by atoms with Gasteiger partial charge in [0.05, 0.1) is 25.6 Å². The molecule has 0 unspecified atom stereocenters. The molecule has 0 atom stereocenters. The Bertz CT molecular complexity index is 1450. The smallest absolute Gasteiger partial charge is 0.416 e. The van der Waals surface area contributed by atoms with Crippen LogP contribution >= 0.6 is 51.5 Å². The molecule has 0 spiro atoms. The molecule has 0 saturated carbocycles. The van der Waals surface area contributed by atoms with Gasteiger partial charge in [0.2, 0.25) is 5.75 Å². The summed E-state index contributed by atoms with van der Waals surface area (Å²) in [6.45, 7) is 0. The van der Waals surface area contributed by atoms with E-state index < -0.39 is 22.4 Å². The van der Waals surface area contributed by atoms with Crippen LogP contribution in [0.15, 0.2) is 70.0 Å². The van der Waals surface area contributed by atoms with Gasteiger partial charge in [-0.3, -0.25) is 19.8 Å². The first-order valence-electron chi connectivity index (χ1n) is 9.80. The average Bonchev–Trinajstić information content (AvgIpc) is 3.07. The monoisotopic (exact) mass is 614 g/mol. The normalized spacial score (nSPS) is 15.0. The van der Waals surface area contributed by atoms with Gasteiger partial charge < -0.3 is 4.74 Å². The van der Waals surface area contributed by atoms with Gasteiger partial charge >= 0.3 is 11.9 Å². The first kappa shape index (κ1) is 26.1. The minimum Gasteiger partial charge on any atom is -0.449 e. The third-order valence-electron chi connectivity index (χ3n) is 4.82. The molecule has 1 aliphatic rings. The highest BCUT2D eigenvalue weighted by Crippen LogP contribution is 2.41. The maximum Gasteiger partial charge on any atom is 0.416 e. The Kier molecular flexibility index (Phi) is 7.41. The summed E-state index contributed by atoms with van der Waals surface area (Å²) in [4.78, 5) is 25.0. The van der Waals surface area contributed by atoms with E-state index in [0.29, 0.717) is 42.1 Å². The van der Waals surface area contributed by atoms with Crippen LogP contribution in [0.4, 0.5) is 24.5 Å². The highest BCUT2D eigenvalue weighted by Gasteiger charge is 2.34. The number of nitro groups is 1. The molecule has 3 aromatic carbocycles. The van der Waals surface area contributed by atoms with Crippen molar-refractivity contribution in [3.63, 3.8) is 0 Å². The van der Waals surface area contributed by atoms with Crippen molar-refractivity contribution in [1.82, 2.24) is 0 Å². The molecule has 184 valence electrons. The molecule has 6 nitrogen and oxygen atoms in total. The van der Waals surface area contributed by atoms with E-state index in [1.54, 1.807) is 42.5 Å². The van der Waals surface area contributed by atoms with E-state index in [2.05, 4.69) is 15.9 Å². The van der Waals surface area contributed by atoms with Gasteiger partial charge in [-0.2, -0.15) is 13.2 Å². The minimum absolute atomic E-state index is 0.126. The SMILES string of the molecule is O=C1/C(=C/c2ccc(Oc3ccc(C(F)(F)F)cc3[N+](=O)[O-])c(Br)c2)SC(=S)N1c1cccc(Cl)c1. The van der Waals surface area contributed by atoms with Gasteiger partial charge in [0.25, 0.3) is 5.91 Å².